The zero-order chi connectivity index (χ0) is 16.7. The van der Waals surface area contributed by atoms with Gasteiger partial charge in [0.15, 0.2) is 5.16 Å². The van der Waals surface area contributed by atoms with Gasteiger partial charge in [0.05, 0.1) is 27.1 Å². The van der Waals surface area contributed by atoms with Gasteiger partial charge in [-0.05, 0) is 49.9 Å². The maximum absolute atomic E-state index is 13.1. The molecule has 0 radical (unpaired) electrons. The van der Waals surface area contributed by atoms with E-state index in [4.69, 9.17) is 0 Å². The monoisotopic (exact) mass is 339 g/mol. The third-order valence-electron chi connectivity index (χ3n) is 4.64. The van der Waals surface area contributed by atoms with Crippen LogP contribution in [-0.2, 0) is 17.2 Å². The number of para-hydroxylation sites is 2. The number of fused-ring (bicyclic) bond motifs is 2. The van der Waals surface area contributed by atoms with Crippen LogP contribution in [0.15, 0.2) is 41.6 Å². The lowest BCUT2D eigenvalue weighted by atomic mass is 9.95. The third kappa shape index (κ3) is 2.63. The Kier molecular flexibility index (Phi) is 3.88. The fourth-order valence-electron chi connectivity index (χ4n) is 3.42. The Bertz CT molecular complexity index is 899. The lowest BCUT2D eigenvalue weighted by Gasteiger charge is -2.24. The third-order valence-corrected chi connectivity index (χ3v) is 6.11. The first-order chi connectivity index (χ1) is 11.6. The average molecular weight is 339 g/mol. The minimum Gasteiger partial charge on any atom is -0.385 e. The minimum atomic E-state index is -1.22. The zero-order valence-corrected chi connectivity index (χ0v) is 14.7. The summed E-state index contributed by atoms with van der Waals surface area (Å²) >= 11 is 0. The fourth-order valence-corrected chi connectivity index (χ4v) is 4.57. The Morgan fingerprint density at radius 3 is 2.92 bits per heavy atom. The summed E-state index contributed by atoms with van der Waals surface area (Å²) in [6, 6.07) is 12.2. The van der Waals surface area contributed by atoms with E-state index in [2.05, 4.69) is 34.3 Å². The normalized spacial score (nSPS) is 16.4. The quantitative estimate of drug-likeness (QED) is 0.755. The van der Waals surface area contributed by atoms with Crippen LogP contribution in [0.4, 0.5) is 5.69 Å². The molecule has 4 rings (SSSR count). The SMILES string of the molecule is Cc1cc2c(c(C(C)S(=O)c3nc4ccccc4[nH]3)c1)NCCC2. The predicted molar refractivity (Wildman–Crippen MR) is 98.9 cm³/mol. The molecule has 1 aliphatic rings. The van der Waals surface area contributed by atoms with Gasteiger partial charge in [0.25, 0.3) is 0 Å². The molecule has 3 aromatic rings. The van der Waals surface area contributed by atoms with Crippen LogP contribution in [0.2, 0.25) is 0 Å². The first kappa shape index (κ1) is 15.4. The summed E-state index contributed by atoms with van der Waals surface area (Å²) in [6.07, 6.45) is 2.23. The van der Waals surface area contributed by atoms with Crippen molar-refractivity contribution in [3.05, 3.63) is 53.1 Å². The number of nitrogens with zero attached hydrogens (tertiary/aromatic N) is 1. The van der Waals surface area contributed by atoms with Gasteiger partial charge < -0.3 is 10.3 Å². The number of anilines is 1. The van der Waals surface area contributed by atoms with Crippen molar-refractivity contribution in [3.63, 3.8) is 0 Å². The molecular formula is C19H21N3OS. The summed E-state index contributed by atoms with van der Waals surface area (Å²) in [7, 11) is -1.22. The Hall–Kier alpha value is -2.14. The molecule has 0 saturated carbocycles. The van der Waals surface area contributed by atoms with Crippen LogP contribution >= 0.6 is 0 Å². The largest absolute Gasteiger partial charge is 0.385 e. The van der Waals surface area contributed by atoms with Gasteiger partial charge in [0.1, 0.15) is 0 Å². The van der Waals surface area contributed by atoms with Crippen molar-refractivity contribution in [1.29, 1.82) is 0 Å². The number of imidazole rings is 1. The number of nitrogens with one attached hydrogen (secondary N) is 2. The smallest absolute Gasteiger partial charge is 0.198 e. The molecule has 1 aliphatic heterocycles. The van der Waals surface area contributed by atoms with E-state index in [1.807, 2.05) is 31.2 Å². The Morgan fingerprint density at radius 2 is 2.08 bits per heavy atom. The molecule has 2 N–H and O–H groups in total. The van der Waals surface area contributed by atoms with Crippen LogP contribution < -0.4 is 5.32 Å². The Balaban J connectivity index is 1.74. The fraction of sp³-hybridized carbons (Fsp3) is 0.316. The number of benzene rings is 2. The number of rotatable bonds is 3. The van der Waals surface area contributed by atoms with Crippen molar-refractivity contribution in [3.8, 4) is 0 Å². The van der Waals surface area contributed by atoms with Crippen LogP contribution in [0.5, 0.6) is 0 Å². The van der Waals surface area contributed by atoms with Crippen LogP contribution in [0.1, 0.15) is 35.3 Å². The molecule has 5 heteroatoms. The van der Waals surface area contributed by atoms with E-state index in [-0.39, 0.29) is 5.25 Å². The van der Waals surface area contributed by atoms with Crippen molar-refractivity contribution in [2.45, 2.75) is 37.1 Å². The maximum atomic E-state index is 13.1. The average Bonchev–Trinajstić information content (AvgIpc) is 3.03. The molecule has 0 bridgehead atoms. The second kappa shape index (κ2) is 6.06. The highest BCUT2D eigenvalue weighted by Crippen LogP contribution is 2.35. The summed E-state index contributed by atoms with van der Waals surface area (Å²) in [4.78, 5) is 7.73. The predicted octanol–water partition coefficient (Wildman–Crippen LogP) is 4.10. The molecule has 0 saturated heterocycles. The summed E-state index contributed by atoms with van der Waals surface area (Å²) in [6.45, 7) is 5.11. The van der Waals surface area contributed by atoms with E-state index in [0.717, 1.165) is 36.0 Å². The molecule has 4 nitrogen and oxygen atoms in total. The molecule has 0 amide bonds. The standard InChI is InChI=1S/C19H21N3OS/c1-12-10-14-6-5-9-20-18(14)15(11-12)13(2)24(23)19-21-16-7-3-4-8-17(16)22-19/h3-4,7-8,10-11,13,20H,5-6,9H2,1-2H3,(H,21,22). The van der Waals surface area contributed by atoms with E-state index >= 15 is 0 Å². The van der Waals surface area contributed by atoms with Crippen molar-refractivity contribution < 1.29 is 4.21 Å². The minimum absolute atomic E-state index is 0.121. The zero-order valence-electron chi connectivity index (χ0n) is 13.9. The van der Waals surface area contributed by atoms with Crippen molar-refractivity contribution in [1.82, 2.24) is 9.97 Å². The van der Waals surface area contributed by atoms with E-state index < -0.39 is 10.8 Å². The molecule has 0 fully saturated rings. The van der Waals surface area contributed by atoms with E-state index in [1.54, 1.807) is 0 Å². The summed E-state index contributed by atoms with van der Waals surface area (Å²) in [5, 5.41) is 3.94. The van der Waals surface area contributed by atoms with E-state index in [0.29, 0.717) is 5.16 Å². The van der Waals surface area contributed by atoms with Gasteiger partial charge in [0, 0.05) is 12.2 Å². The lowest BCUT2D eigenvalue weighted by molar-refractivity contribution is 0.670. The molecule has 2 unspecified atom stereocenters. The highest BCUT2D eigenvalue weighted by molar-refractivity contribution is 7.85. The van der Waals surface area contributed by atoms with Gasteiger partial charge in [-0.25, -0.2) is 4.98 Å². The number of hydrogen-bond acceptors (Lipinski definition) is 3. The van der Waals surface area contributed by atoms with Gasteiger partial charge >= 0.3 is 0 Å². The molecule has 2 aromatic carbocycles. The van der Waals surface area contributed by atoms with Crippen LogP contribution in [0.25, 0.3) is 11.0 Å². The van der Waals surface area contributed by atoms with E-state index in [9.17, 15) is 4.21 Å². The van der Waals surface area contributed by atoms with Crippen LogP contribution in [0.3, 0.4) is 0 Å². The molecule has 2 heterocycles. The number of aryl methyl sites for hydroxylation is 2. The molecular weight excluding hydrogens is 318 g/mol. The first-order valence-electron chi connectivity index (χ1n) is 8.36. The van der Waals surface area contributed by atoms with Gasteiger partial charge in [0.2, 0.25) is 0 Å². The molecule has 1 aromatic heterocycles. The number of hydrogen-bond donors (Lipinski definition) is 2. The van der Waals surface area contributed by atoms with Crippen LogP contribution in [0, 0.1) is 6.92 Å². The second-order valence-electron chi connectivity index (χ2n) is 6.42. The Morgan fingerprint density at radius 1 is 1.25 bits per heavy atom. The van der Waals surface area contributed by atoms with Crippen LogP contribution in [-0.4, -0.2) is 20.7 Å². The Labute approximate surface area is 144 Å². The molecule has 124 valence electrons. The number of aromatic nitrogens is 2. The second-order valence-corrected chi connectivity index (χ2v) is 8.11. The summed E-state index contributed by atoms with van der Waals surface area (Å²) in [5.74, 6) is 0. The highest BCUT2D eigenvalue weighted by atomic mass is 32.2. The van der Waals surface area contributed by atoms with Crippen molar-refractivity contribution in [2.75, 3.05) is 11.9 Å². The van der Waals surface area contributed by atoms with Crippen molar-refractivity contribution >= 4 is 27.5 Å². The van der Waals surface area contributed by atoms with Gasteiger partial charge in [-0.2, -0.15) is 0 Å². The molecule has 2 atom stereocenters. The number of H-pyrrole nitrogens is 1. The van der Waals surface area contributed by atoms with Gasteiger partial charge in [-0.1, -0.05) is 29.8 Å². The van der Waals surface area contributed by atoms with Crippen molar-refractivity contribution in [2.24, 2.45) is 0 Å². The summed E-state index contributed by atoms with van der Waals surface area (Å²) < 4.78 is 13.1. The lowest BCUT2D eigenvalue weighted by Crippen LogP contribution is -2.16. The highest BCUT2D eigenvalue weighted by Gasteiger charge is 2.24. The molecule has 0 aliphatic carbocycles. The number of aromatic amines is 1. The summed E-state index contributed by atoms with van der Waals surface area (Å²) in [5.41, 5.74) is 6.65. The van der Waals surface area contributed by atoms with Gasteiger partial charge in [-0.15, -0.1) is 0 Å². The topological polar surface area (TPSA) is 57.8 Å². The maximum Gasteiger partial charge on any atom is 0.198 e. The van der Waals surface area contributed by atoms with Gasteiger partial charge in [-0.3, -0.25) is 4.21 Å². The van der Waals surface area contributed by atoms with E-state index in [1.165, 1.54) is 16.8 Å². The first-order valence-corrected chi connectivity index (χ1v) is 9.57. The molecule has 24 heavy (non-hydrogen) atoms. The molecule has 0 spiro atoms.